The van der Waals surface area contributed by atoms with Crippen LogP contribution in [0.25, 0.3) is 0 Å². The molecule has 2 amide bonds. The van der Waals surface area contributed by atoms with Crippen LogP contribution < -0.4 is 20.2 Å². The van der Waals surface area contributed by atoms with Gasteiger partial charge in [-0.2, -0.15) is 5.10 Å². The average molecular weight is 496 g/mol. The molecule has 0 aliphatic carbocycles. The van der Waals surface area contributed by atoms with Gasteiger partial charge in [0.05, 0.1) is 18.9 Å². The van der Waals surface area contributed by atoms with E-state index in [-0.39, 0.29) is 0 Å². The third-order valence-corrected chi connectivity index (χ3v) is 4.61. The molecular formula is C23H18BrN3O5. The highest BCUT2D eigenvalue weighted by Crippen LogP contribution is 2.17. The van der Waals surface area contributed by atoms with E-state index >= 15 is 0 Å². The fourth-order valence-electron chi connectivity index (χ4n) is 2.48. The molecular weight excluding hydrogens is 478 g/mol. The molecule has 0 unspecified atom stereocenters. The van der Waals surface area contributed by atoms with Crippen molar-refractivity contribution in [1.82, 2.24) is 5.43 Å². The molecule has 0 spiro atoms. The number of carbonyl (C=O) groups excluding carboxylic acids is 3. The van der Waals surface area contributed by atoms with Gasteiger partial charge in [0.1, 0.15) is 11.5 Å². The number of carbonyl (C=O) groups is 3. The normalized spacial score (nSPS) is 10.4. The Morgan fingerprint density at radius 2 is 1.62 bits per heavy atom. The number of halogens is 1. The second-order valence-electron chi connectivity index (χ2n) is 6.35. The van der Waals surface area contributed by atoms with E-state index in [4.69, 9.17) is 9.47 Å². The average Bonchev–Trinajstić information content (AvgIpc) is 2.80. The minimum absolute atomic E-state index is 0.358. The summed E-state index contributed by atoms with van der Waals surface area (Å²) in [5.74, 6) is -1.37. The number of nitrogens with one attached hydrogen (secondary N) is 2. The lowest BCUT2D eigenvalue weighted by Gasteiger charge is -2.06. The number of hydrogen-bond acceptors (Lipinski definition) is 6. The molecule has 0 aliphatic rings. The smallest absolute Gasteiger partial charge is 0.343 e. The molecule has 0 saturated heterocycles. The summed E-state index contributed by atoms with van der Waals surface area (Å²) >= 11 is 3.31. The predicted molar refractivity (Wildman–Crippen MR) is 123 cm³/mol. The number of rotatable bonds is 6. The molecule has 8 nitrogen and oxygen atoms in total. The number of ether oxygens (including phenoxy) is 2. The first-order valence-electron chi connectivity index (χ1n) is 9.31. The van der Waals surface area contributed by atoms with Crippen molar-refractivity contribution < 1.29 is 23.9 Å². The Hall–Kier alpha value is -3.98. The lowest BCUT2D eigenvalue weighted by Crippen LogP contribution is -2.32. The van der Waals surface area contributed by atoms with Gasteiger partial charge >= 0.3 is 17.8 Å². The summed E-state index contributed by atoms with van der Waals surface area (Å²) < 4.78 is 11.2. The largest absolute Gasteiger partial charge is 0.497 e. The molecule has 162 valence electrons. The number of hydrogen-bond donors (Lipinski definition) is 2. The summed E-state index contributed by atoms with van der Waals surface area (Å²) in [7, 11) is 1.50. The van der Waals surface area contributed by atoms with Crippen LogP contribution in [-0.4, -0.2) is 31.1 Å². The third-order valence-electron chi connectivity index (χ3n) is 4.08. The van der Waals surface area contributed by atoms with Gasteiger partial charge in [0.25, 0.3) is 0 Å². The summed E-state index contributed by atoms with van der Waals surface area (Å²) in [6.07, 6.45) is 1.36. The molecule has 32 heavy (non-hydrogen) atoms. The molecule has 2 N–H and O–H groups in total. The van der Waals surface area contributed by atoms with Crippen molar-refractivity contribution in [2.75, 3.05) is 12.4 Å². The first kappa shape index (κ1) is 22.7. The minimum atomic E-state index is -0.927. The predicted octanol–water partition coefficient (Wildman–Crippen LogP) is 3.77. The molecule has 3 rings (SSSR count). The maximum atomic E-state index is 12.1. The van der Waals surface area contributed by atoms with E-state index in [9.17, 15) is 14.4 Å². The Balaban J connectivity index is 1.50. The van der Waals surface area contributed by atoms with E-state index in [1.165, 1.54) is 13.3 Å². The molecule has 0 atom stereocenters. The third kappa shape index (κ3) is 6.51. The number of esters is 1. The molecule has 3 aromatic rings. The van der Waals surface area contributed by atoms with Gasteiger partial charge in [0.15, 0.2) is 0 Å². The van der Waals surface area contributed by atoms with Gasteiger partial charge in [0, 0.05) is 16.2 Å². The highest BCUT2D eigenvalue weighted by atomic mass is 79.9. The first-order valence-corrected chi connectivity index (χ1v) is 10.1. The molecule has 0 radical (unpaired) electrons. The summed E-state index contributed by atoms with van der Waals surface area (Å²) in [5.41, 5.74) is 3.62. The quantitative estimate of drug-likeness (QED) is 0.178. The fraction of sp³-hybridized carbons (Fsp3) is 0.0435. The van der Waals surface area contributed by atoms with E-state index in [1.54, 1.807) is 72.8 Å². The van der Waals surface area contributed by atoms with E-state index < -0.39 is 17.8 Å². The molecule has 0 bridgehead atoms. The Morgan fingerprint density at radius 3 is 2.31 bits per heavy atom. The second-order valence-corrected chi connectivity index (χ2v) is 7.27. The van der Waals surface area contributed by atoms with Crippen LogP contribution in [0.5, 0.6) is 11.5 Å². The van der Waals surface area contributed by atoms with Crippen LogP contribution in [0.1, 0.15) is 15.9 Å². The van der Waals surface area contributed by atoms with Crippen molar-refractivity contribution >= 4 is 45.6 Å². The number of methoxy groups -OCH3 is 1. The lowest BCUT2D eigenvalue weighted by atomic mass is 10.2. The summed E-state index contributed by atoms with van der Waals surface area (Å²) in [6, 6.07) is 19.9. The number of benzene rings is 3. The molecule has 0 saturated carbocycles. The maximum Gasteiger partial charge on any atom is 0.343 e. The monoisotopic (exact) mass is 495 g/mol. The van der Waals surface area contributed by atoms with Crippen LogP contribution in [0.2, 0.25) is 0 Å². The SMILES string of the molecule is COc1cccc(NC(=O)C(=O)N/N=C\c2ccc(OC(=O)c3ccc(Br)cc3)cc2)c1. The number of hydrazone groups is 1. The zero-order valence-corrected chi connectivity index (χ0v) is 18.5. The fourth-order valence-corrected chi connectivity index (χ4v) is 2.74. The molecule has 9 heteroatoms. The standard InChI is InChI=1S/C23H18BrN3O5/c1-31-20-4-2-3-18(13-20)26-21(28)22(29)27-25-14-15-5-11-19(12-6-15)32-23(30)16-7-9-17(24)10-8-16/h2-14H,1H3,(H,26,28)(H,27,29)/b25-14-. The van der Waals surface area contributed by atoms with Gasteiger partial charge in [-0.25, -0.2) is 10.2 Å². The van der Waals surface area contributed by atoms with Crippen LogP contribution >= 0.6 is 15.9 Å². The zero-order valence-electron chi connectivity index (χ0n) is 16.9. The summed E-state index contributed by atoms with van der Waals surface area (Å²) in [4.78, 5) is 36.0. The number of anilines is 1. The molecule has 0 fully saturated rings. The van der Waals surface area contributed by atoms with E-state index in [1.807, 2.05) is 0 Å². The van der Waals surface area contributed by atoms with Crippen molar-refractivity contribution in [3.63, 3.8) is 0 Å². The molecule has 3 aromatic carbocycles. The Bertz CT molecular complexity index is 1150. The maximum absolute atomic E-state index is 12.1. The summed E-state index contributed by atoms with van der Waals surface area (Å²) in [6.45, 7) is 0. The van der Waals surface area contributed by atoms with Crippen LogP contribution in [0, 0.1) is 0 Å². The van der Waals surface area contributed by atoms with Crippen LogP contribution in [-0.2, 0) is 9.59 Å². The van der Waals surface area contributed by atoms with E-state index in [0.29, 0.717) is 28.3 Å². The Labute approximate surface area is 192 Å². The molecule has 0 aliphatic heterocycles. The van der Waals surface area contributed by atoms with Crippen molar-refractivity contribution in [2.24, 2.45) is 5.10 Å². The number of nitrogens with zero attached hydrogens (tertiary/aromatic N) is 1. The van der Waals surface area contributed by atoms with Gasteiger partial charge in [-0.3, -0.25) is 9.59 Å². The van der Waals surface area contributed by atoms with Crippen LogP contribution in [0.15, 0.2) is 82.4 Å². The van der Waals surface area contributed by atoms with E-state index in [0.717, 1.165) is 4.47 Å². The van der Waals surface area contributed by atoms with Gasteiger partial charge in [-0.1, -0.05) is 22.0 Å². The number of amides is 2. The lowest BCUT2D eigenvalue weighted by molar-refractivity contribution is -0.136. The van der Waals surface area contributed by atoms with Crippen molar-refractivity contribution in [3.05, 3.63) is 88.4 Å². The zero-order chi connectivity index (χ0) is 22.9. The highest BCUT2D eigenvalue weighted by molar-refractivity contribution is 9.10. The second kappa shape index (κ2) is 10.9. The van der Waals surface area contributed by atoms with E-state index in [2.05, 4.69) is 31.8 Å². The highest BCUT2D eigenvalue weighted by Gasteiger charge is 2.13. The van der Waals surface area contributed by atoms with Crippen molar-refractivity contribution in [2.45, 2.75) is 0 Å². The Morgan fingerprint density at radius 1 is 0.906 bits per heavy atom. The van der Waals surface area contributed by atoms with Crippen LogP contribution in [0.4, 0.5) is 5.69 Å². The minimum Gasteiger partial charge on any atom is -0.497 e. The van der Waals surface area contributed by atoms with Gasteiger partial charge in [0.2, 0.25) is 0 Å². The van der Waals surface area contributed by atoms with Gasteiger partial charge in [-0.05, 0) is 66.2 Å². The van der Waals surface area contributed by atoms with Crippen LogP contribution in [0.3, 0.4) is 0 Å². The van der Waals surface area contributed by atoms with Gasteiger partial charge < -0.3 is 14.8 Å². The summed E-state index contributed by atoms with van der Waals surface area (Å²) in [5, 5.41) is 6.21. The molecule has 0 heterocycles. The van der Waals surface area contributed by atoms with Crippen molar-refractivity contribution in [3.8, 4) is 11.5 Å². The molecule has 0 aromatic heterocycles. The first-order chi connectivity index (χ1) is 15.4. The topological polar surface area (TPSA) is 106 Å². The van der Waals surface area contributed by atoms with Crippen molar-refractivity contribution in [1.29, 1.82) is 0 Å². The van der Waals surface area contributed by atoms with Gasteiger partial charge in [-0.15, -0.1) is 0 Å². The Kier molecular flexibility index (Phi) is 7.71.